The van der Waals surface area contributed by atoms with Crippen molar-refractivity contribution in [3.63, 3.8) is 0 Å². The number of rotatable bonds is 8. The molecule has 0 unspecified atom stereocenters. The Bertz CT molecular complexity index is 318. The van der Waals surface area contributed by atoms with E-state index in [1.807, 2.05) is 6.92 Å². The summed E-state index contributed by atoms with van der Waals surface area (Å²) in [6, 6.07) is 6.66. The summed E-state index contributed by atoms with van der Waals surface area (Å²) in [7, 11) is -1.82. The Morgan fingerprint density at radius 3 is 2.59 bits per heavy atom. The zero-order chi connectivity index (χ0) is 12.5. The summed E-state index contributed by atoms with van der Waals surface area (Å²) >= 11 is 0. The van der Waals surface area contributed by atoms with E-state index >= 15 is 0 Å². The average molecular weight is 240 g/mol. The van der Waals surface area contributed by atoms with Crippen LogP contribution in [-0.4, -0.2) is 37.2 Å². The minimum atomic E-state index is -1.82. The number of benzene rings is 1. The van der Waals surface area contributed by atoms with E-state index < -0.39 is 7.32 Å². The van der Waals surface area contributed by atoms with Crippen LogP contribution in [0.2, 0.25) is 0 Å². The molecule has 0 aliphatic carbocycles. The van der Waals surface area contributed by atoms with Gasteiger partial charge in [0.15, 0.2) is 0 Å². The van der Waals surface area contributed by atoms with Crippen LogP contribution in [0.25, 0.3) is 0 Å². The monoisotopic (exact) mass is 240 g/mol. The SMILES string of the molecule is CCCOCCOc1cccc(OB(O)O)c1. The van der Waals surface area contributed by atoms with Gasteiger partial charge in [-0.05, 0) is 18.6 Å². The Morgan fingerprint density at radius 2 is 1.88 bits per heavy atom. The molecule has 94 valence electrons. The third-order valence-corrected chi connectivity index (χ3v) is 1.89. The molecule has 17 heavy (non-hydrogen) atoms. The normalized spacial score (nSPS) is 10.1. The zero-order valence-electron chi connectivity index (χ0n) is 9.83. The molecule has 0 fully saturated rings. The Hall–Kier alpha value is -1.24. The predicted molar refractivity (Wildman–Crippen MR) is 63.9 cm³/mol. The first-order valence-corrected chi connectivity index (χ1v) is 5.55. The second-order valence-electron chi connectivity index (χ2n) is 3.38. The van der Waals surface area contributed by atoms with E-state index in [0.29, 0.717) is 24.7 Å². The Kier molecular flexibility index (Phi) is 6.46. The minimum Gasteiger partial charge on any atom is -0.512 e. The molecule has 0 radical (unpaired) electrons. The van der Waals surface area contributed by atoms with Crippen molar-refractivity contribution in [1.82, 2.24) is 0 Å². The van der Waals surface area contributed by atoms with Crippen molar-refractivity contribution in [1.29, 1.82) is 0 Å². The fraction of sp³-hybridized carbons (Fsp3) is 0.455. The van der Waals surface area contributed by atoms with Gasteiger partial charge in [-0.2, -0.15) is 0 Å². The highest BCUT2D eigenvalue weighted by Gasteiger charge is 2.11. The lowest BCUT2D eigenvalue weighted by Crippen LogP contribution is -2.20. The molecule has 0 aliphatic rings. The molecule has 0 saturated heterocycles. The van der Waals surface area contributed by atoms with Crippen molar-refractivity contribution in [2.75, 3.05) is 19.8 Å². The Balaban J connectivity index is 2.32. The van der Waals surface area contributed by atoms with Gasteiger partial charge in [0.2, 0.25) is 0 Å². The first-order valence-electron chi connectivity index (χ1n) is 5.55. The molecule has 0 saturated carbocycles. The van der Waals surface area contributed by atoms with E-state index in [-0.39, 0.29) is 0 Å². The second-order valence-corrected chi connectivity index (χ2v) is 3.38. The molecule has 0 heterocycles. The van der Waals surface area contributed by atoms with Crippen LogP contribution in [0.5, 0.6) is 11.5 Å². The lowest BCUT2D eigenvalue weighted by atomic mass is 10.2. The van der Waals surface area contributed by atoms with E-state index in [4.69, 9.17) is 24.2 Å². The van der Waals surface area contributed by atoms with Crippen LogP contribution in [0.3, 0.4) is 0 Å². The zero-order valence-corrected chi connectivity index (χ0v) is 9.83. The van der Waals surface area contributed by atoms with Gasteiger partial charge >= 0.3 is 7.32 Å². The van der Waals surface area contributed by atoms with Gasteiger partial charge in [0.1, 0.15) is 18.1 Å². The van der Waals surface area contributed by atoms with Gasteiger partial charge in [-0.15, -0.1) is 0 Å². The number of ether oxygens (including phenoxy) is 2. The van der Waals surface area contributed by atoms with Crippen molar-refractivity contribution in [2.45, 2.75) is 13.3 Å². The molecule has 0 aliphatic heterocycles. The maximum Gasteiger partial charge on any atom is 0.707 e. The average Bonchev–Trinajstić information content (AvgIpc) is 2.28. The molecule has 2 N–H and O–H groups in total. The molecule has 5 nitrogen and oxygen atoms in total. The van der Waals surface area contributed by atoms with E-state index in [2.05, 4.69) is 0 Å². The van der Waals surface area contributed by atoms with Crippen molar-refractivity contribution in [3.8, 4) is 11.5 Å². The summed E-state index contributed by atoms with van der Waals surface area (Å²) in [6.07, 6.45) is 0.984. The van der Waals surface area contributed by atoms with Crippen LogP contribution in [0, 0.1) is 0 Å². The van der Waals surface area contributed by atoms with Gasteiger partial charge in [-0.3, -0.25) is 0 Å². The van der Waals surface area contributed by atoms with Gasteiger partial charge in [0, 0.05) is 12.7 Å². The number of hydrogen-bond acceptors (Lipinski definition) is 5. The minimum absolute atomic E-state index is 0.340. The fourth-order valence-corrected chi connectivity index (χ4v) is 1.22. The molecule has 1 aromatic carbocycles. The summed E-state index contributed by atoms with van der Waals surface area (Å²) in [5, 5.41) is 17.3. The second kappa shape index (κ2) is 7.94. The summed E-state index contributed by atoms with van der Waals surface area (Å²) in [5.74, 6) is 0.940. The van der Waals surface area contributed by atoms with Gasteiger partial charge in [-0.1, -0.05) is 13.0 Å². The van der Waals surface area contributed by atoms with Gasteiger partial charge in [0.05, 0.1) is 6.61 Å². The standard InChI is InChI=1S/C11H17BO5/c1-2-6-15-7-8-16-10-4-3-5-11(9-10)17-12(13)14/h3-5,9,13-14H,2,6-8H2,1H3. The lowest BCUT2D eigenvalue weighted by Gasteiger charge is -2.09. The van der Waals surface area contributed by atoms with Crippen molar-refractivity contribution >= 4 is 7.32 Å². The summed E-state index contributed by atoms with van der Waals surface area (Å²) in [4.78, 5) is 0. The highest BCUT2D eigenvalue weighted by atomic mass is 16.6. The van der Waals surface area contributed by atoms with Crippen LogP contribution in [-0.2, 0) is 4.74 Å². The molecular formula is C11H17BO5. The third kappa shape index (κ3) is 6.16. The topological polar surface area (TPSA) is 68.2 Å². The molecule has 0 atom stereocenters. The highest BCUT2D eigenvalue weighted by molar-refractivity contribution is 6.33. The van der Waals surface area contributed by atoms with Gasteiger partial charge < -0.3 is 24.2 Å². The number of hydrogen-bond donors (Lipinski definition) is 2. The quantitative estimate of drug-likeness (QED) is 0.520. The molecule has 1 aromatic rings. The first-order chi connectivity index (χ1) is 8.22. The molecule has 0 amide bonds. The van der Waals surface area contributed by atoms with E-state index in [0.717, 1.165) is 13.0 Å². The highest BCUT2D eigenvalue weighted by Crippen LogP contribution is 2.19. The lowest BCUT2D eigenvalue weighted by molar-refractivity contribution is 0.101. The molecular weight excluding hydrogens is 223 g/mol. The summed E-state index contributed by atoms with van der Waals surface area (Å²) in [5.41, 5.74) is 0. The summed E-state index contributed by atoms with van der Waals surface area (Å²) < 4.78 is 15.4. The van der Waals surface area contributed by atoms with Gasteiger partial charge in [0.25, 0.3) is 0 Å². The summed E-state index contributed by atoms with van der Waals surface area (Å²) in [6.45, 7) is 3.75. The van der Waals surface area contributed by atoms with Crippen LogP contribution in [0.1, 0.15) is 13.3 Å². The van der Waals surface area contributed by atoms with Crippen LogP contribution >= 0.6 is 0 Å². The molecule has 1 rings (SSSR count). The van der Waals surface area contributed by atoms with Crippen LogP contribution in [0.15, 0.2) is 24.3 Å². The maximum absolute atomic E-state index is 8.64. The van der Waals surface area contributed by atoms with E-state index in [1.165, 1.54) is 0 Å². The van der Waals surface area contributed by atoms with Crippen molar-refractivity contribution < 1.29 is 24.2 Å². The van der Waals surface area contributed by atoms with Crippen molar-refractivity contribution in [2.24, 2.45) is 0 Å². The Morgan fingerprint density at radius 1 is 1.12 bits per heavy atom. The Labute approximate surface area is 101 Å². The third-order valence-electron chi connectivity index (χ3n) is 1.89. The smallest absolute Gasteiger partial charge is 0.512 e. The molecule has 0 aromatic heterocycles. The van der Waals surface area contributed by atoms with E-state index in [1.54, 1.807) is 24.3 Å². The predicted octanol–water partition coefficient (Wildman–Crippen LogP) is 0.840. The van der Waals surface area contributed by atoms with E-state index in [9.17, 15) is 0 Å². The fourth-order valence-electron chi connectivity index (χ4n) is 1.22. The molecule has 6 heteroatoms. The molecule has 0 bridgehead atoms. The van der Waals surface area contributed by atoms with Gasteiger partial charge in [-0.25, -0.2) is 0 Å². The largest absolute Gasteiger partial charge is 0.707 e. The first kappa shape index (κ1) is 13.8. The van der Waals surface area contributed by atoms with Crippen LogP contribution in [0.4, 0.5) is 0 Å². The van der Waals surface area contributed by atoms with Crippen LogP contribution < -0.4 is 9.39 Å². The maximum atomic E-state index is 8.64. The molecule has 0 spiro atoms. The van der Waals surface area contributed by atoms with Crippen molar-refractivity contribution in [3.05, 3.63) is 24.3 Å².